The summed E-state index contributed by atoms with van der Waals surface area (Å²) in [4.78, 5) is 44.6. The van der Waals surface area contributed by atoms with Crippen LogP contribution in [0.2, 0.25) is 0 Å². The van der Waals surface area contributed by atoms with E-state index in [4.69, 9.17) is 16.5 Å². The lowest BCUT2D eigenvalue weighted by Crippen LogP contribution is -2.40. The van der Waals surface area contributed by atoms with Crippen molar-refractivity contribution >= 4 is 28.7 Å². The van der Waals surface area contributed by atoms with Gasteiger partial charge in [-0.05, 0) is 68.0 Å². The van der Waals surface area contributed by atoms with Gasteiger partial charge < -0.3 is 21.4 Å². The van der Waals surface area contributed by atoms with Gasteiger partial charge in [-0.25, -0.2) is 4.98 Å². The fourth-order valence-electron chi connectivity index (χ4n) is 5.46. The zero-order valence-corrected chi connectivity index (χ0v) is 21.9. The molecule has 5 N–H and O–H groups in total. The van der Waals surface area contributed by atoms with Gasteiger partial charge >= 0.3 is 0 Å². The highest BCUT2D eigenvalue weighted by Gasteiger charge is 2.27. The number of nitrogens with one attached hydrogen (secondary N) is 1. The number of pyridine rings is 2. The molecule has 2 aromatic heterocycles. The SMILES string of the molecule is CCN1CCCC1CNC(=O)Cc1ccc(Cc2ccc3c(=O)c(C(N)=O)c(N)n(CC4CC4)c3n2)cc1. The number of nitrogens with two attached hydrogens (primary N) is 2. The van der Waals surface area contributed by atoms with Gasteiger partial charge in [0.05, 0.1) is 11.8 Å². The van der Waals surface area contributed by atoms with E-state index in [-0.39, 0.29) is 17.3 Å². The maximum Gasteiger partial charge on any atom is 0.256 e. The van der Waals surface area contributed by atoms with Crippen LogP contribution < -0.4 is 22.2 Å². The van der Waals surface area contributed by atoms with Gasteiger partial charge in [0.15, 0.2) is 0 Å². The normalized spacial score (nSPS) is 17.7. The lowest BCUT2D eigenvalue weighted by Gasteiger charge is -2.22. The smallest absolute Gasteiger partial charge is 0.256 e. The first-order valence-corrected chi connectivity index (χ1v) is 13.5. The number of hydrogen-bond acceptors (Lipinski definition) is 6. The summed E-state index contributed by atoms with van der Waals surface area (Å²) in [6.07, 6.45) is 5.42. The minimum Gasteiger partial charge on any atom is -0.384 e. The summed E-state index contributed by atoms with van der Waals surface area (Å²) in [5.41, 5.74) is 14.3. The van der Waals surface area contributed by atoms with Gasteiger partial charge in [-0.3, -0.25) is 19.3 Å². The highest BCUT2D eigenvalue weighted by Crippen LogP contribution is 2.33. The van der Waals surface area contributed by atoms with Crippen LogP contribution in [0.3, 0.4) is 0 Å². The number of fused-ring (bicyclic) bond motifs is 1. The molecule has 1 saturated heterocycles. The lowest BCUT2D eigenvalue weighted by molar-refractivity contribution is -0.120. The Morgan fingerprint density at radius 1 is 1.08 bits per heavy atom. The van der Waals surface area contributed by atoms with Crippen molar-refractivity contribution in [2.24, 2.45) is 11.7 Å². The second-order valence-electron chi connectivity index (χ2n) is 10.6. The Balaban J connectivity index is 1.28. The maximum absolute atomic E-state index is 12.9. The molecule has 1 aliphatic heterocycles. The summed E-state index contributed by atoms with van der Waals surface area (Å²) < 4.78 is 1.77. The van der Waals surface area contributed by atoms with Crippen molar-refractivity contribution in [3.8, 4) is 0 Å². The Labute approximate surface area is 222 Å². The van der Waals surface area contributed by atoms with Crippen molar-refractivity contribution in [2.75, 3.05) is 25.4 Å². The van der Waals surface area contributed by atoms with E-state index in [1.165, 1.54) is 6.42 Å². The predicted octanol–water partition coefficient (Wildman–Crippen LogP) is 2.22. The van der Waals surface area contributed by atoms with E-state index in [2.05, 4.69) is 17.1 Å². The molecule has 38 heavy (non-hydrogen) atoms. The molecule has 9 nitrogen and oxygen atoms in total. The second kappa shape index (κ2) is 10.9. The molecule has 1 atom stereocenters. The zero-order chi connectivity index (χ0) is 26.8. The minimum absolute atomic E-state index is 0.0402. The van der Waals surface area contributed by atoms with E-state index in [1.54, 1.807) is 16.7 Å². The molecular formula is C29H36N6O3. The van der Waals surface area contributed by atoms with Crippen LogP contribution in [0, 0.1) is 5.92 Å². The van der Waals surface area contributed by atoms with Crippen molar-refractivity contribution in [3.05, 3.63) is 69.0 Å². The van der Waals surface area contributed by atoms with Crippen LogP contribution in [-0.2, 0) is 24.2 Å². The molecule has 3 aromatic rings. The fourth-order valence-corrected chi connectivity index (χ4v) is 5.46. The lowest BCUT2D eigenvalue weighted by atomic mass is 10.0. The Bertz CT molecular complexity index is 1410. The monoisotopic (exact) mass is 516 g/mol. The molecule has 1 aliphatic carbocycles. The van der Waals surface area contributed by atoms with Gasteiger partial charge in [0.2, 0.25) is 11.3 Å². The second-order valence-corrected chi connectivity index (χ2v) is 10.6. The average molecular weight is 517 g/mol. The highest BCUT2D eigenvalue weighted by molar-refractivity contribution is 6.00. The van der Waals surface area contributed by atoms with Crippen molar-refractivity contribution < 1.29 is 9.59 Å². The Morgan fingerprint density at radius 3 is 2.50 bits per heavy atom. The number of anilines is 1. The summed E-state index contributed by atoms with van der Waals surface area (Å²) in [6, 6.07) is 11.9. The van der Waals surface area contributed by atoms with Gasteiger partial charge in [-0.2, -0.15) is 0 Å². The van der Waals surface area contributed by atoms with Crippen LogP contribution in [0.15, 0.2) is 41.2 Å². The van der Waals surface area contributed by atoms with Crippen LogP contribution in [0.1, 0.15) is 59.8 Å². The summed E-state index contributed by atoms with van der Waals surface area (Å²) in [5.74, 6) is -0.232. The van der Waals surface area contributed by atoms with Crippen LogP contribution in [-0.4, -0.2) is 51.9 Å². The van der Waals surface area contributed by atoms with Gasteiger partial charge in [-0.1, -0.05) is 31.2 Å². The molecule has 1 aromatic carbocycles. The first kappa shape index (κ1) is 25.9. The number of rotatable bonds is 10. The molecule has 2 amide bonds. The molecule has 200 valence electrons. The molecule has 3 heterocycles. The summed E-state index contributed by atoms with van der Waals surface area (Å²) in [5, 5.41) is 3.44. The predicted molar refractivity (Wildman–Crippen MR) is 148 cm³/mol. The molecular weight excluding hydrogens is 480 g/mol. The third kappa shape index (κ3) is 5.57. The van der Waals surface area contributed by atoms with E-state index >= 15 is 0 Å². The number of aromatic nitrogens is 2. The number of amides is 2. The van der Waals surface area contributed by atoms with Gasteiger partial charge in [0.1, 0.15) is 17.0 Å². The first-order valence-electron chi connectivity index (χ1n) is 13.5. The first-order chi connectivity index (χ1) is 18.3. The number of nitrogens with zero attached hydrogens (tertiary/aromatic N) is 3. The van der Waals surface area contributed by atoms with Gasteiger partial charge in [-0.15, -0.1) is 0 Å². The fraction of sp³-hybridized carbons (Fsp3) is 0.448. The van der Waals surface area contributed by atoms with E-state index in [9.17, 15) is 14.4 Å². The van der Waals surface area contributed by atoms with Gasteiger partial charge in [0, 0.05) is 31.2 Å². The topological polar surface area (TPSA) is 136 Å². The average Bonchev–Trinajstić information content (AvgIpc) is 3.60. The minimum atomic E-state index is -0.821. The largest absolute Gasteiger partial charge is 0.384 e. The highest BCUT2D eigenvalue weighted by atomic mass is 16.2. The summed E-state index contributed by atoms with van der Waals surface area (Å²) in [7, 11) is 0. The van der Waals surface area contributed by atoms with E-state index < -0.39 is 11.3 Å². The summed E-state index contributed by atoms with van der Waals surface area (Å²) in [6.45, 7) is 5.61. The molecule has 9 heteroatoms. The number of carbonyl (C=O) groups excluding carboxylic acids is 2. The van der Waals surface area contributed by atoms with E-state index in [0.29, 0.717) is 48.9 Å². The van der Waals surface area contributed by atoms with Crippen LogP contribution >= 0.6 is 0 Å². The molecule has 2 fully saturated rings. The summed E-state index contributed by atoms with van der Waals surface area (Å²) >= 11 is 0. The number of primary amides is 1. The van der Waals surface area contributed by atoms with Crippen LogP contribution in [0.25, 0.3) is 11.0 Å². The van der Waals surface area contributed by atoms with Gasteiger partial charge in [0.25, 0.3) is 5.91 Å². The molecule has 2 aliphatic rings. The number of likely N-dealkylation sites (tertiary alicyclic amines) is 1. The van der Waals surface area contributed by atoms with E-state index in [0.717, 1.165) is 49.2 Å². The van der Waals surface area contributed by atoms with Crippen molar-refractivity contribution in [2.45, 2.75) is 58.0 Å². The molecule has 1 unspecified atom stereocenters. The van der Waals surface area contributed by atoms with Crippen LogP contribution in [0.5, 0.6) is 0 Å². The molecule has 1 saturated carbocycles. The van der Waals surface area contributed by atoms with Crippen molar-refractivity contribution in [1.82, 2.24) is 19.8 Å². The Kier molecular flexibility index (Phi) is 7.46. The van der Waals surface area contributed by atoms with Crippen LogP contribution in [0.4, 0.5) is 5.82 Å². The standard InChI is InChI=1S/C29H36N6O3/c1-2-34-13-3-4-22(34)16-32-24(36)15-19-7-5-18(6-8-19)14-21-11-12-23-26(37)25(28(31)38)27(30)35(29(23)33-21)17-20-9-10-20/h5-8,11-12,20,22H,2-4,9-10,13-17,30H2,1H3,(H2,31,38)(H,32,36). The number of hydrogen-bond donors (Lipinski definition) is 3. The van der Waals surface area contributed by atoms with Crippen molar-refractivity contribution in [3.63, 3.8) is 0 Å². The molecule has 5 rings (SSSR count). The molecule has 0 spiro atoms. The maximum atomic E-state index is 12.9. The number of nitrogen functional groups attached to an aromatic ring is 1. The molecule has 0 radical (unpaired) electrons. The quantitative estimate of drug-likeness (QED) is 0.378. The van der Waals surface area contributed by atoms with E-state index in [1.807, 2.05) is 24.3 Å². The van der Waals surface area contributed by atoms with Crippen molar-refractivity contribution in [1.29, 1.82) is 0 Å². The zero-order valence-electron chi connectivity index (χ0n) is 21.9. The molecule has 0 bridgehead atoms. The number of likely N-dealkylation sites (N-methyl/N-ethyl adjacent to an activating group) is 1. The third-order valence-corrected chi connectivity index (χ3v) is 7.80. The third-order valence-electron chi connectivity index (χ3n) is 7.80. The number of carbonyl (C=O) groups is 2. The Hall–Kier alpha value is -3.72. The number of benzene rings is 1. The Morgan fingerprint density at radius 2 is 1.82 bits per heavy atom.